The van der Waals surface area contributed by atoms with Crippen LogP contribution in [0, 0.1) is 7.43 Å². The molecular weight excluding hydrogens is 433 g/mol. The predicted molar refractivity (Wildman–Crippen MR) is 104 cm³/mol. The molecular formula is C21H22N2O4Y-2. The van der Waals surface area contributed by atoms with E-state index in [9.17, 15) is 19.2 Å². The van der Waals surface area contributed by atoms with E-state index in [1.165, 1.54) is 7.05 Å². The third-order valence-corrected chi connectivity index (χ3v) is 4.31. The van der Waals surface area contributed by atoms with E-state index in [4.69, 9.17) is 0 Å². The molecule has 7 heteroatoms. The average molecular weight is 455 g/mol. The maximum absolute atomic E-state index is 12.1. The van der Waals surface area contributed by atoms with Crippen molar-refractivity contribution in [2.24, 2.45) is 0 Å². The van der Waals surface area contributed by atoms with Gasteiger partial charge >= 0.3 is 0 Å². The number of fused-ring (bicyclic) bond motifs is 2. The number of carbonyl (C=O) groups is 4. The van der Waals surface area contributed by atoms with Gasteiger partial charge in [0.2, 0.25) is 0 Å². The molecule has 28 heavy (non-hydrogen) atoms. The summed E-state index contributed by atoms with van der Waals surface area (Å²) in [4.78, 5) is 48.2. The van der Waals surface area contributed by atoms with E-state index in [0.29, 0.717) is 28.7 Å². The number of rotatable bonds is 2. The van der Waals surface area contributed by atoms with Crippen LogP contribution >= 0.6 is 0 Å². The molecule has 0 unspecified atom stereocenters. The van der Waals surface area contributed by atoms with Crippen molar-refractivity contribution in [3.05, 3.63) is 82.5 Å². The summed E-state index contributed by atoms with van der Waals surface area (Å²) < 4.78 is 0. The average Bonchev–Trinajstić information content (AvgIpc) is 2.97. The minimum Gasteiger partial charge on any atom is -0.587 e. The Morgan fingerprint density at radius 3 is 1.82 bits per heavy atom. The first-order valence-corrected chi connectivity index (χ1v) is 7.34. The molecule has 0 spiro atoms. The molecule has 4 amide bonds. The van der Waals surface area contributed by atoms with E-state index >= 15 is 0 Å². The first kappa shape index (κ1) is 25.8. The molecule has 0 aromatic heterocycles. The molecule has 2 aromatic carbocycles. The Balaban J connectivity index is 0.00000182. The third-order valence-electron chi connectivity index (χ3n) is 4.31. The topological polar surface area (TPSA) is 85.6 Å². The van der Waals surface area contributed by atoms with Gasteiger partial charge in [-0.2, -0.15) is 0 Å². The second-order valence-electron chi connectivity index (χ2n) is 5.83. The van der Waals surface area contributed by atoms with Crippen molar-refractivity contribution in [3.8, 4) is 0 Å². The Morgan fingerprint density at radius 2 is 1.21 bits per heavy atom. The molecule has 2 heterocycles. The van der Waals surface area contributed by atoms with Gasteiger partial charge < -0.3 is 22.3 Å². The molecule has 2 aromatic rings. The molecule has 2 aliphatic heterocycles. The number of carbonyl (C=O) groups excluding carboxylic acids is 4. The molecule has 2 aliphatic rings. The molecule has 0 N–H and O–H groups in total. The summed E-state index contributed by atoms with van der Waals surface area (Å²) in [5.41, 5.74) is 3.10. The number of hydrogen-bond acceptors (Lipinski definition) is 4. The summed E-state index contributed by atoms with van der Waals surface area (Å²) in [7, 11) is 1.46. The fraction of sp³-hybridized carbons (Fsp3) is 0.190. The van der Waals surface area contributed by atoms with E-state index in [0.717, 1.165) is 16.0 Å². The maximum Gasteiger partial charge on any atom is 0.261 e. The van der Waals surface area contributed by atoms with Crippen LogP contribution in [-0.4, -0.2) is 35.6 Å². The van der Waals surface area contributed by atoms with Crippen LogP contribution in [0.3, 0.4) is 0 Å². The van der Waals surface area contributed by atoms with Crippen LogP contribution in [0.25, 0.3) is 5.32 Å². The van der Waals surface area contributed by atoms with E-state index < -0.39 is 11.8 Å². The van der Waals surface area contributed by atoms with Crippen molar-refractivity contribution in [1.29, 1.82) is 0 Å². The fourth-order valence-electron chi connectivity index (χ4n) is 3.03. The van der Waals surface area contributed by atoms with Crippen molar-refractivity contribution in [3.63, 3.8) is 0 Å². The molecule has 0 saturated heterocycles. The minimum absolute atomic E-state index is 0. The molecule has 6 nitrogen and oxygen atoms in total. The van der Waals surface area contributed by atoms with Gasteiger partial charge in [-0.25, -0.2) is 0 Å². The zero-order chi connectivity index (χ0) is 17.0. The summed E-state index contributed by atoms with van der Waals surface area (Å²) in [6, 6.07) is 10.1. The van der Waals surface area contributed by atoms with Gasteiger partial charge in [0.15, 0.2) is 0 Å². The normalized spacial score (nSPS) is 13.4. The number of imide groups is 2. The number of benzene rings is 2. The summed E-state index contributed by atoms with van der Waals surface area (Å²) in [5.74, 6) is -1.64. The van der Waals surface area contributed by atoms with Crippen LogP contribution in [0.5, 0.6) is 0 Å². The Hall–Kier alpha value is -2.18. The Labute approximate surface area is 190 Å². The van der Waals surface area contributed by atoms with Gasteiger partial charge in [0.1, 0.15) is 0 Å². The number of hydrogen-bond donors (Lipinski definition) is 0. The van der Waals surface area contributed by atoms with Gasteiger partial charge in [-0.1, -0.05) is 33.1 Å². The maximum atomic E-state index is 12.1. The van der Waals surface area contributed by atoms with Gasteiger partial charge in [-0.3, -0.25) is 14.5 Å². The standard InChI is InChI=1S/C18H12N2O4.2CH4.CH3.Y/c1-20-17(23)12-5-3-10(8-14(12)18(20)24)6-9-2-4-11-13(7-9)16(22)19-15(11)21;;;;/h2-5,7-8H,6H2,1H3,(H,19,21,22);2*1H4;1H3;/q;;;-1;/p-1. The summed E-state index contributed by atoms with van der Waals surface area (Å²) in [6.07, 6.45) is 0.479. The van der Waals surface area contributed by atoms with Crippen molar-refractivity contribution >= 4 is 23.6 Å². The first-order valence-electron chi connectivity index (χ1n) is 7.34. The van der Waals surface area contributed by atoms with Crippen molar-refractivity contribution in [2.45, 2.75) is 21.3 Å². The molecule has 0 fully saturated rings. The van der Waals surface area contributed by atoms with Crippen molar-refractivity contribution in [2.75, 3.05) is 7.05 Å². The van der Waals surface area contributed by atoms with Crippen molar-refractivity contribution in [1.82, 2.24) is 4.90 Å². The van der Waals surface area contributed by atoms with Gasteiger partial charge in [-0.05, 0) is 35.7 Å². The fourth-order valence-corrected chi connectivity index (χ4v) is 3.03. The zero-order valence-electron chi connectivity index (χ0n) is 14.3. The second kappa shape index (κ2) is 9.35. The molecule has 0 saturated carbocycles. The summed E-state index contributed by atoms with van der Waals surface area (Å²) in [6.45, 7) is 0. The number of nitrogens with zero attached hydrogens (tertiary/aromatic N) is 2. The van der Waals surface area contributed by atoms with E-state index in [-0.39, 0.29) is 66.8 Å². The summed E-state index contributed by atoms with van der Waals surface area (Å²) >= 11 is 0. The quantitative estimate of drug-likeness (QED) is 0.508. The molecule has 145 valence electrons. The molecule has 1 radical (unpaired) electrons. The van der Waals surface area contributed by atoms with E-state index in [1.54, 1.807) is 36.4 Å². The zero-order valence-corrected chi connectivity index (χ0v) is 17.1. The monoisotopic (exact) mass is 455 g/mol. The molecule has 0 bridgehead atoms. The minimum atomic E-state index is -0.520. The largest absolute Gasteiger partial charge is 0.587 e. The van der Waals surface area contributed by atoms with Gasteiger partial charge in [0.25, 0.3) is 11.8 Å². The number of amides is 4. The third kappa shape index (κ3) is 3.98. The first-order chi connectivity index (χ1) is 11.5. The molecule has 4 rings (SSSR count). The van der Waals surface area contributed by atoms with Crippen LogP contribution in [0.4, 0.5) is 0 Å². The van der Waals surface area contributed by atoms with Crippen LogP contribution in [0.1, 0.15) is 67.4 Å². The Morgan fingerprint density at radius 1 is 0.750 bits per heavy atom. The van der Waals surface area contributed by atoms with Gasteiger partial charge in [0, 0.05) is 50.9 Å². The van der Waals surface area contributed by atoms with Gasteiger partial charge in [-0.15, -0.1) is 0 Å². The van der Waals surface area contributed by atoms with Gasteiger partial charge in [0.05, 0.1) is 22.9 Å². The Kier molecular flexibility index (Phi) is 8.62. The molecule has 0 atom stereocenters. The van der Waals surface area contributed by atoms with E-state index in [2.05, 4.69) is 5.32 Å². The summed E-state index contributed by atoms with van der Waals surface area (Å²) in [5, 5.41) is 3.41. The van der Waals surface area contributed by atoms with E-state index in [1.807, 2.05) is 0 Å². The smallest absolute Gasteiger partial charge is 0.261 e. The van der Waals surface area contributed by atoms with Crippen LogP contribution in [0.15, 0.2) is 36.4 Å². The van der Waals surface area contributed by atoms with Crippen LogP contribution in [0.2, 0.25) is 0 Å². The Bertz CT molecular complexity index is 969. The molecule has 0 aliphatic carbocycles. The van der Waals surface area contributed by atoms with Crippen molar-refractivity contribution < 1.29 is 51.9 Å². The SMILES string of the molecule is C.C.CN1C(=O)c2ccc(Cc3ccc4c(c3)C(=O)[N-]C4=O)cc2C1=O.[CH3-].[Y]. The predicted octanol–water partition coefficient (Wildman–Crippen LogP) is 3.89. The van der Waals surface area contributed by atoms with Crippen LogP contribution < -0.4 is 0 Å². The van der Waals surface area contributed by atoms with Crippen LogP contribution in [-0.2, 0) is 39.1 Å². The second-order valence-corrected chi connectivity index (χ2v) is 5.83.